The normalized spacial score (nSPS) is 10.5. The Morgan fingerprint density at radius 2 is 1.83 bits per heavy atom. The fraction of sp³-hybridized carbons (Fsp3) is 0.421. The molecule has 0 bridgehead atoms. The molecule has 0 spiro atoms. The number of amides is 1. The fourth-order valence-electron chi connectivity index (χ4n) is 2.36. The van der Waals surface area contributed by atoms with Gasteiger partial charge in [-0.15, -0.1) is 0 Å². The molecule has 1 aromatic heterocycles. The van der Waals surface area contributed by atoms with E-state index in [1.807, 2.05) is 19.1 Å². The van der Waals surface area contributed by atoms with Crippen LogP contribution in [0.15, 0.2) is 30.3 Å². The average Bonchev–Trinajstić information content (AvgIpc) is 2.58. The van der Waals surface area contributed by atoms with E-state index < -0.39 is 0 Å². The molecule has 5 heteroatoms. The molecule has 5 nitrogen and oxygen atoms in total. The maximum Gasteiger partial charge on any atom is 0.270 e. The van der Waals surface area contributed by atoms with E-state index in [4.69, 9.17) is 0 Å². The van der Waals surface area contributed by atoms with Crippen molar-refractivity contribution in [3.05, 3.63) is 47.3 Å². The van der Waals surface area contributed by atoms with Crippen LogP contribution in [-0.2, 0) is 6.42 Å². The Balaban J connectivity index is 2.05. The lowest BCUT2D eigenvalue weighted by Crippen LogP contribution is -2.25. The maximum atomic E-state index is 12.2. The maximum absolute atomic E-state index is 12.2. The van der Waals surface area contributed by atoms with Crippen LogP contribution < -0.4 is 10.6 Å². The first-order chi connectivity index (χ1) is 11.6. The van der Waals surface area contributed by atoms with Crippen LogP contribution in [0, 0.1) is 6.92 Å². The van der Waals surface area contributed by atoms with Gasteiger partial charge >= 0.3 is 0 Å². The first kappa shape index (κ1) is 17.9. The van der Waals surface area contributed by atoms with Gasteiger partial charge < -0.3 is 10.6 Å². The summed E-state index contributed by atoms with van der Waals surface area (Å²) in [5.41, 5.74) is 3.34. The highest BCUT2D eigenvalue weighted by molar-refractivity contribution is 5.92. The van der Waals surface area contributed by atoms with Crippen LogP contribution in [0.5, 0.6) is 0 Å². The third-order valence-corrected chi connectivity index (χ3v) is 3.77. The Hall–Kier alpha value is -2.43. The van der Waals surface area contributed by atoms with Crippen molar-refractivity contribution in [1.82, 2.24) is 15.3 Å². The van der Waals surface area contributed by atoms with Crippen molar-refractivity contribution in [2.24, 2.45) is 0 Å². The minimum absolute atomic E-state index is 0.152. The largest absolute Gasteiger partial charge is 0.351 e. The number of carbonyl (C=O) groups is 1. The van der Waals surface area contributed by atoms with Gasteiger partial charge in [0.1, 0.15) is 5.69 Å². The van der Waals surface area contributed by atoms with Crippen LogP contribution in [0.2, 0.25) is 0 Å². The number of nitrogens with one attached hydrogen (secondary N) is 2. The lowest BCUT2D eigenvalue weighted by Gasteiger charge is -2.09. The molecular formula is C19H26N4O. The number of rotatable bonds is 8. The third kappa shape index (κ3) is 5.33. The minimum atomic E-state index is -0.152. The first-order valence-corrected chi connectivity index (χ1v) is 8.62. The molecule has 0 aliphatic heterocycles. The van der Waals surface area contributed by atoms with Gasteiger partial charge in [-0.2, -0.15) is 0 Å². The van der Waals surface area contributed by atoms with Crippen LogP contribution >= 0.6 is 0 Å². The standard InChI is InChI=1S/C19H26N4O/c1-4-6-7-12-20-18(24)17-13-14(3)21-19(23-17)22-16-10-8-15(5-2)9-11-16/h8-11,13H,4-7,12H2,1-3H3,(H,20,24)(H,21,22,23). The van der Waals surface area contributed by atoms with Gasteiger partial charge in [-0.05, 0) is 43.5 Å². The van der Waals surface area contributed by atoms with Gasteiger partial charge in [0.05, 0.1) is 0 Å². The third-order valence-electron chi connectivity index (χ3n) is 3.77. The summed E-state index contributed by atoms with van der Waals surface area (Å²) in [5, 5.41) is 6.08. The highest BCUT2D eigenvalue weighted by Crippen LogP contribution is 2.15. The van der Waals surface area contributed by atoms with Crippen molar-refractivity contribution < 1.29 is 4.79 Å². The summed E-state index contributed by atoms with van der Waals surface area (Å²) in [6.07, 6.45) is 4.24. The molecule has 128 valence electrons. The van der Waals surface area contributed by atoms with Gasteiger partial charge in [0, 0.05) is 17.9 Å². The highest BCUT2D eigenvalue weighted by Gasteiger charge is 2.10. The van der Waals surface area contributed by atoms with E-state index in [0.717, 1.165) is 37.1 Å². The van der Waals surface area contributed by atoms with Gasteiger partial charge in [-0.3, -0.25) is 4.79 Å². The molecule has 0 radical (unpaired) electrons. The van der Waals surface area contributed by atoms with Gasteiger partial charge in [-0.25, -0.2) is 9.97 Å². The number of aryl methyl sites for hydroxylation is 2. The summed E-state index contributed by atoms with van der Waals surface area (Å²) in [5.74, 6) is 0.291. The highest BCUT2D eigenvalue weighted by atomic mass is 16.1. The Kier molecular flexibility index (Phi) is 6.73. The van der Waals surface area contributed by atoms with E-state index in [9.17, 15) is 4.79 Å². The van der Waals surface area contributed by atoms with E-state index in [1.165, 1.54) is 5.56 Å². The van der Waals surface area contributed by atoms with Crippen molar-refractivity contribution >= 4 is 17.5 Å². The van der Waals surface area contributed by atoms with Crippen LogP contribution in [-0.4, -0.2) is 22.4 Å². The molecule has 2 aromatic rings. The van der Waals surface area contributed by atoms with Gasteiger partial charge in [0.2, 0.25) is 5.95 Å². The zero-order chi connectivity index (χ0) is 17.4. The number of anilines is 2. The average molecular weight is 326 g/mol. The van der Waals surface area contributed by atoms with Crippen molar-refractivity contribution in [1.29, 1.82) is 0 Å². The second-order valence-electron chi connectivity index (χ2n) is 5.86. The van der Waals surface area contributed by atoms with E-state index in [0.29, 0.717) is 18.2 Å². The number of hydrogen-bond acceptors (Lipinski definition) is 4. The van der Waals surface area contributed by atoms with E-state index in [-0.39, 0.29) is 5.91 Å². The van der Waals surface area contributed by atoms with Crippen molar-refractivity contribution in [2.75, 3.05) is 11.9 Å². The SMILES string of the molecule is CCCCCNC(=O)c1cc(C)nc(Nc2ccc(CC)cc2)n1. The van der Waals surface area contributed by atoms with E-state index >= 15 is 0 Å². The molecule has 1 aromatic carbocycles. The Labute approximate surface area is 143 Å². The molecule has 2 N–H and O–H groups in total. The second-order valence-corrected chi connectivity index (χ2v) is 5.86. The molecule has 0 aliphatic carbocycles. The number of unbranched alkanes of at least 4 members (excludes halogenated alkanes) is 2. The van der Waals surface area contributed by atoms with Crippen LogP contribution in [0.25, 0.3) is 0 Å². The van der Waals surface area contributed by atoms with Crippen LogP contribution in [0.1, 0.15) is 54.9 Å². The number of hydrogen-bond donors (Lipinski definition) is 2. The van der Waals surface area contributed by atoms with Crippen LogP contribution in [0.3, 0.4) is 0 Å². The number of nitrogens with zero attached hydrogens (tertiary/aromatic N) is 2. The first-order valence-electron chi connectivity index (χ1n) is 8.62. The van der Waals surface area contributed by atoms with Crippen molar-refractivity contribution in [3.8, 4) is 0 Å². The van der Waals surface area contributed by atoms with Gasteiger partial charge in [0.25, 0.3) is 5.91 Å². The topological polar surface area (TPSA) is 66.9 Å². The molecular weight excluding hydrogens is 300 g/mol. The molecule has 0 saturated carbocycles. The Morgan fingerprint density at radius 1 is 1.08 bits per heavy atom. The molecule has 0 aliphatic rings. The summed E-state index contributed by atoms with van der Waals surface area (Å²) >= 11 is 0. The second kappa shape index (κ2) is 9.01. The van der Waals surface area contributed by atoms with Crippen LogP contribution in [0.4, 0.5) is 11.6 Å². The monoisotopic (exact) mass is 326 g/mol. The Bertz CT molecular complexity index is 668. The summed E-state index contributed by atoms with van der Waals surface area (Å²) < 4.78 is 0. The van der Waals surface area contributed by atoms with E-state index in [2.05, 4.69) is 46.6 Å². The molecule has 0 atom stereocenters. The smallest absolute Gasteiger partial charge is 0.270 e. The summed E-state index contributed by atoms with van der Waals surface area (Å²) in [6, 6.07) is 9.84. The van der Waals surface area contributed by atoms with Gasteiger partial charge in [0.15, 0.2) is 0 Å². The van der Waals surface area contributed by atoms with E-state index in [1.54, 1.807) is 6.07 Å². The molecule has 24 heavy (non-hydrogen) atoms. The molecule has 0 saturated heterocycles. The lowest BCUT2D eigenvalue weighted by atomic mass is 10.1. The Morgan fingerprint density at radius 3 is 2.50 bits per heavy atom. The number of aromatic nitrogens is 2. The zero-order valence-corrected chi connectivity index (χ0v) is 14.7. The predicted molar refractivity (Wildman–Crippen MR) is 97.7 cm³/mol. The lowest BCUT2D eigenvalue weighted by molar-refractivity contribution is 0.0948. The summed E-state index contributed by atoms with van der Waals surface area (Å²) in [4.78, 5) is 20.9. The molecule has 1 amide bonds. The summed E-state index contributed by atoms with van der Waals surface area (Å²) in [6.45, 7) is 6.80. The number of benzene rings is 1. The quantitative estimate of drug-likeness (QED) is 0.719. The minimum Gasteiger partial charge on any atom is -0.351 e. The van der Waals surface area contributed by atoms with Gasteiger partial charge in [-0.1, -0.05) is 38.8 Å². The fourth-order valence-corrected chi connectivity index (χ4v) is 2.36. The van der Waals surface area contributed by atoms with Crippen molar-refractivity contribution in [3.63, 3.8) is 0 Å². The zero-order valence-electron chi connectivity index (χ0n) is 14.7. The molecule has 2 rings (SSSR count). The molecule has 0 unspecified atom stereocenters. The number of carbonyl (C=O) groups excluding carboxylic acids is 1. The summed E-state index contributed by atoms with van der Waals surface area (Å²) in [7, 11) is 0. The molecule has 1 heterocycles. The van der Waals surface area contributed by atoms with Crippen molar-refractivity contribution in [2.45, 2.75) is 46.5 Å². The molecule has 0 fully saturated rings. The predicted octanol–water partition coefficient (Wildman–Crippen LogP) is 4.01.